The predicted octanol–water partition coefficient (Wildman–Crippen LogP) is 3.61. The first-order chi connectivity index (χ1) is 9.51. The van der Waals surface area contributed by atoms with Crippen molar-refractivity contribution in [3.8, 4) is 0 Å². The van der Waals surface area contributed by atoms with Crippen molar-refractivity contribution in [1.82, 2.24) is 5.43 Å². The van der Waals surface area contributed by atoms with E-state index in [9.17, 15) is 13.2 Å². The van der Waals surface area contributed by atoms with Gasteiger partial charge < -0.3 is 0 Å². The van der Waals surface area contributed by atoms with Crippen LogP contribution >= 0.6 is 15.9 Å². The highest BCUT2D eigenvalue weighted by molar-refractivity contribution is 9.10. The summed E-state index contributed by atoms with van der Waals surface area (Å²) in [7, 11) is 0. The molecule has 0 aliphatic carbocycles. The van der Waals surface area contributed by atoms with E-state index in [-0.39, 0.29) is 11.4 Å². The minimum atomic E-state index is -0.608. The third-order valence-electron chi connectivity index (χ3n) is 2.96. The van der Waals surface area contributed by atoms with Gasteiger partial charge in [-0.05, 0) is 58.2 Å². The van der Waals surface area contributed by atoms with Crippen LogP contribution in [0.1, 0.15) is 17.2 Å². The van der Waals surface area contributed by atoms with Crippen molar-refractivity contribution in [2.75, 3.05) is 0 Å². The van der Waals surface area contributed by atoms with E-state index < -0.39 is 17.7 Å². The molecule has 2 nitrogen and oxygen atoms in total. The molecule has 20 heavy (non-hydrogen) atoms. The Kier molecular flexibility index (Phi) is 4.80. The zero-order valence-corrected chi connectivity index (χ0v) is 11.9. The van der Waals surface area contributed by atoms with Crippen LogP contribution in [0.2, 0.25) is 0 Å². The molecule has 1 unspecified atom stereocenters. The summed E-state index contributed by atoms with van der Waals surface area (Å²) in [6.07, 6.45) is 0.301. The van der Waals surface area contributed by atoms with Crippen molar-refractivity contribution in [3.63, 3.8) is 0 Å². The van der Waals surface area contributed by atoms with Crippen LogP contribution in [-0.4, -0.2) is 0 Å². The molecule has 1 atom stereocenters. The smallest absolute Gasteiger partial charge is 0.137 e. The van der Waals surface area contributed by atoms with Crippen LogP contribution < -0.4 is 11.3 Å². The topological polar surface area (TPSA) is 38.0 Å². The van der Waals surface area contributed by atoms with Crippen LogP contribution in [0.15, 0.2) is 40.9 Å². The Bertz CT molecular complexity index is 619. The molecule has 2 rings (SSSR count). The molecule has 0 aromatic heterocycles. The molecule has 0 heterocycles. The van der Waals surface area contributed by atoms with E-state index in [0.717, 1.165) is 23.8 Å². The zero-order valence-electron chi connectivity index (χ0n) is 10.3. The van der Waals surface area contributed by atoms with Crippen molar-refractivity contribution in [2.24, 2.45) is 5.84 Å². The van der Waals surface area contributed by atoms with Crippen LogP contribution in [0.25, 0.3) is 0 Å². The fraction of sp³-hybridized carbons (Fsp3) is 0.143. The number of benzene rings is 2. The lowest BCUT2D eigenvalue weighted by atomic mass is 9.99. The Hall–Kier alpha value is -1.37. The molecule has 0 saturated carbocycles. The van der Waals surface area contributed by atoms with E-state index in [0.29, 0.717) is 10.9 Å². The quantitative estimate of drug-likeness (QED) is 0.656. The molecule has 0 fully saturated rings. The first-order valence-corrected chi connectivity index (χ1v) is 6.65. The molecule has 6 heteroatoms. The average molecular weight is 345 g/mol. The standard InChI is InChI=1S/C14H12BrF3N2/c15-11-5-8(1-3-13(11)18)6-14(20-19)10-7-9(16)2-4-12(10)17/h1-5,7,14,20H,6,19H2. The second-order valence-corrected chi connectivity index (χ2v) is 5.19. The number of nitrogens with two attached hydrogens (primary N) is 1. The van der Waals surface area contributed by atoms with Gasteiger partial charge in [-0.3, -0.25) is 11.3 Å². The van der Waals surface area contributed by atoms with Crippen molar-refractivity contribution in [1.29, 1.82) is 0 Å². The lowest BCUT2D eigenvalue weighted by molar-refractivity contribution is 0.502. The monoisotopic (exact) mass is 344 g/mol. The van der Waals surface area contributed by atoms with E-state index in [4.69, 9.17) is 5.84 Å². The molecule has 106 valence electrons. The highest BCUT2D eigenvalue weighted by Crippen LogP contribution is 2.24. The first kappa shape index (κ1) is 15.0. The van der Waals surface area contributed by atoms with Crippen molar-refractivity contribution in [3.05, 3.63) is 69.4 Å². The lowest BCUT2D eigenvalue weighted by Crippen LogP contribution is -2.30. The number of hydrazine groups is 1. The summed E-state index contributed by atoms with van der Waals surface area (Å²) in [5, 5.41) is 0. The first-order valence-electron chi connectivity index (χ1n) is 5.86. The Labute approximate surface area is 122 Å². The van der Waals surface area contributed by atoms with E-state index in [2.05, 4.69) is 21.4 Å². The number of halogens is 4. The van der Waals surface area contributed by atoms with Crippen molar-refractivity contribution >= 4 is 15.9 Å². The van der Waals surface area contributed by atoms with E-state index in [1.54, 1.807) is 12.1 Å². The van der Waals surface area contributed by atoms with Gasteiger partial charge >= 0.3 is 0 Å². The SMILES string of the molecule is NNC(Cc1ccc(F)c(Br)c1)c1cc(F)ccc1F. The van der Waals surface area contributed by atoms with Crippen LogP contribution in [0, 0.1) is 17.5 Å². The van der Waals surface area contributed by atoms with Crippen LogP contribution in [0.5, 0.6) is 0 Å². The molecule has 0 radical (unpaired) electrons. The van der Waals surface area contributed by atoms with Gasteiger partial charge in [0.15, 0.2) is 0 Å². The summed E-state index contributed by atoms with van der Waals surface area (Å²) in [5.74, 6) is 3.94. The molecular formula is C14H12BrF3N2. The van der Waals surface area contributed by atoms with Gasteiger partial charge in [-0.1, -0.05) is 6.07 Å². The minimum absolute atomic E-state index is 0.132. The summed E-state index contributed by atoms with van der Waals surface area (Å²) in [4.78, 5) is 0. The summed E-state index contributed by atoms with van der Waals surface area (Å²) in [5.41, 5.74) is 3.33. The highest BCUT2D eigenvalue weighted by Gasteiger charge is 2.16. The highest BCUT2D eigenvalue weighted by atomic mass is 79.9. The lowest BCUT2D eigenvalue weighted by Gasteiger charge is -2.17. The van der Waals surface area contributed by atoms with E-state index in [1.807, 2.05) is 0 Å². The van der Waals surface area contributed by atoms with Gasteiger partial charge in [-0.15, -0.1) is 0 Å². The van der Waals surface area contributed by atoms with E-state index >= 15 is 0 Å². The number of hydrogen-bond donors (Lipinski definition) is 2. The van der Waals surface area contributed by atoms with Gasteiger partial charge in [0, 0.05) is 5.56 Å². The fourth-order valence-electron chi connectivity index (χ4n) is 1.94. The number of rotatable bonds is 4. The normalized spacial score (nSPS) is 12.4. The predicted molar refractivity (Wildman–Crippen MR) is 74.2 cm³/mol. The van der Waals surface area contributed by atoms with Crippen LogP contribution in [0.4, 0.5) is 13.2 Å². The second-order valence-electron chi connectivity index (χ2n) is 4.34. The molecule has 2 aromatic carbocycles. The van der Waals surface area contributed by atoms with Gasteiger partial charge in [-0.25, -0.2) is 13.2 Å². The van der Waals surface area contributed by atoms with Gasteiger partial charge in [0.1, 0.15) is 17.5 Å². The number of nitrogens with one attached hydrogen (secondary N) is 1. The largest absolute Gasteiger partial charge is 0.271 e. The summed E-state index contributed by atoms with van der Waals surface area (Å²) < 4.78 is 40.4. The van der Waals surface area contributed by atoms with Crippen molar-refractivity contribution < 1.29 is 13.2 Å². The summed E-state index contributed by atoms with van der Waals surface area (Å²) in [6, 6.07) is 7.03. The Morgan fingerprint density at radius 1 is 1.05 bits per heavy atom. The van der Waals surface area contributed by atoms with E-state index in [1.165, 1.54) is 6.07 Å². The molecule has 2 aromatic rings. The Morgan fingerprint density at radius 2 is 1.75 bits per heavy atom. The van der Waals surface area contributed by atoms with Crippen molar-refractivity contribution in [2.45, 2.75) is 12.5 Å². The molecule has 0 bridgehead atoms. The maximum absolute atomic E-state index is 13.7. The second kappa shape index (κ2) is 6.39. The minimum Gasteiger partial charge on any atom is -0.271 e. The third kappa shape index (κ3) is 3.39. The molecular weight excluding hydrogens is 333 g/mol. The molecule has 0 saturated heterocycles. The third-order valence-corrected chi connectivity index (χ3v) is 3.57. The summed E-state index contributed by atoms with van der Waals surface area (Å²) >= 11 is 3.08. The van der Waals surface area contributed by atoms with Crippen LogP contribution in [0.3, 0.4) is 0 Å². The Morgan fingerprint density at radius 3 is 2.40 bits per heavy atom. The van der Waals surface area contributed by atoms with Gasteiger partial charge in [0.2, 0.25) is 0 Å². The maximum Gasteiger partial charge on any atom is 0.137 e. The molecule has 0 aliphatic heterocycles. The molecule has 0 spiro atoms. The van der Waals surface area contributed by atoms with Crippen LogP contribution in [-0.2, 0) is 6.42 Å². The molecule has 0 amide bonds. The Balaban J connectivity index is 2.28. The van der Waals surface area contributed by atoms with Gasteiger partial charge in [0.25, 0.3) is 0 Å². The molecule has 3 N–H and O–H groups in total. The molecule has 0 aliphatic rings. The van der Waals surface area contributed by atoms with Gasteiger partial charge in [0.05, 0.1) is 10.5 Å². The summed E-state index contributed by atoms with van der Waals surface area (Å²) in [6.45, 7) is 0. The average Bonchev–Trinajstić information content (AvgIpc) is 2.43. The fourth-order valence-corrected chi connectivity index (χ4v) is 2.37. The maximum atomic E-state index is 13.7. The number of hydrogen-bond acceptors (Lipinski definition) is 2. The van der Waals surface area contributed by atoms with Gasteiger partial charge in [-0.2, -0.15) is 0 Å². The zero-order chi connectivity index (χ0) is 14.7.